The van der Waals surface area contributed by atoms with Gasteiger partial charge in [-0.05, 0) is 32.7 Å². The summed E-state index contributed by atoms with van der Waals surface area (Å²) in [6.07, 6.45) is 5.92. The summed E-state index contributed by atoms with van der Waals surface area (Å²) in [6, 6.07) is 30.6. The van der Waals surface area contributed by atoms with Gasteiger partial charge in [0.1, 0.15) is 0 Å². The maximum absolute atomic E-state index is 3.36. The maximum atomic E-state index is 3.36. The van der Waals surface area contributed by atoms with E-state index in [1.807, 2.05) is 27.7 Å². The molecule has 0 nitrogen and oxygen atoms in total. The first kappa shape index (κ1) is 31.9. The van der Waals surface area contributed by atoms with Crippen LogP contribution in [0.25, 0.3) is 21.5 Å². The van der Waals surface area contributed by atoms with Crippen molar-refractivity contribution in [3.8, 4) is 0 Å². The lowest BCUT2D eigenvalue weighted by Crippen LogP contribution is -2.19. The van der Waals surface area contributed by atoms with Crippen LogP contribution in [0.15, 0.2) is 110 Å². The average molecular weight is 469 g/mol. The topological polar surface area (TPSA) is 0 Å². The van der Waals surface area contributed by atoms with Crippen molar-refractivity contribution in [2.45, 2.75) is 73.6 Å². The van der Waals surface area contributed by atoms with Gasteiger partial charge < -0.3 is 0 Å². The predicted molar refractivity (Wildman–Crippen MR) is 164 cm³/mol. The molecule has 35 heavy (non-hydrogen) atoms. The molecule has 4 rings (SSSR count). The van der Waals surface area contributed by atoms with Crippen molar-refractivity contribution < 1.29 is 0 Å². The molecule has 0 aliphatic rings. The van der Waals surface area contributed by atoms with Gasteiger partial charge >= 0.3 is 0 Å². The van der Waals surface area contributed by atoms with Crippen molar-refractivity contribution >= 4 is 21.5 Å². The van der Waals surface area contributed by atoms with Crippen molar-refractivity contribution in [2.24, 2.45) is 0 Å². The van der Waals surface area contributed by atoms with Gasteiger partial charge in [-0.3, -0.25) is 0 Å². The van der Waals surface area contributed by atoms with E-state index in [-0.39, 0.29) is 5.41 Å². The lowest BCUT2D eigenvalue weighted by atomic mass is 9.74. The molecule has 0 saturated carbocycles. The molecule has 4 aromatic rings. The molecule has 0 N–H and O–H groups in total. The Morgan fingerprint density at radius 1 is 0.543 bits per heavy atom. The molecule has 0 aliphatic carbocycles. The van der Waals surface area contributed by atoms with Crippen LogP contribution in [0.4, 0.5) is 0 Å². The summed E-state index contributed by atoms with van der Waals surface area (Å²) in [4.78, 5) is 0. The summed E-state index contributed by atoms with van der Waals surface area (Å²) < 4.78 is 0. The Balaban J connectivity index is 0.000000823. The Hall–Kier alpha value is -3.12. The Morgan fingerprint density at radius 2 is 0.857 bits per heavy atom. The Labute approximate surface area is 216 Å². The average Bonchev–Trinajstić information content (AvgIpc) is 2.94. The molecular formula is C35H48. The number of hydrogen-bond donors (Lipinski definition) is 0. The van der Waals surface area contributed by atoms with Gasteiger partial charge in [0.15, 0.2) is 0 Å². The third kappa shape index (κ3) is 9.21. The van der Waals surface area contributed by atoms with E-state index >= 15 is 0 Å². The molecule has 0 spiro atoms. The first-order chi connectivity index (χ1) is 17.0. The zero-order valence-corrected chi connectivity index (χ0v) is 23.6. The van der Waals surface area contributed by atoms with Gasteiger partial charge in [0.05, 0.1) is 0 Å². The van der Waals surface area contributed by atoms with E-state index in [2.05, 4.69) is 126 Å². The fraction of sp³-hybridized carbons (Fsp3) is 0.314. The van der Waals surface area contributed by atoms with Crippen molar-refractivity contribution in [3.05, 3.63) is 121 Å². The SMILES string of the molecule is C=CC=C.CC.CC.CC(C)(c1cccc2ccccc12)c1cccc2ccccc12.CCCC. The van der Waals surface area contributed by atoms with Crippen LogP contribution in [0, 0.1) is 0 Å². The van der Waals surface area contributed by atoms with Crippen LogP contribution < -0.4 is 0 Å². The van der Waals surface area contributed by atoms with Crippen molar-refractivity contribution in [1.29, 1.82) is 0 Å². The van der Waals surface area contributed by atoms with Gasteiger partial charge in [-0.25, -0.2) is 0 Å². The molecule has 0 atom stereocenters. The van der Waals surface area contributed by atoms with Crippen LogP contribution in [0.1, 0.15) is 79.4 Å². The molecule has 0 aromatic heterocycles. The minimum absolute atomic E-state index is 0.0538. The number of unbranched alkanes of at least 4 members (excludes halogenated alkanes) is 1. The number of fused-ring (bicyclic) bond motifs is 2. The quantitative estimate of drug-likeness (QED) is 0.261. The van der Waals surface area contributed by atoms with Gasteiger partial charge in [0.25, 0.3) is 0 Å². The van der Waals surface area contributed by atoms with Gasteiger partial charge in [0.2, 0.25) is 0 Å². The molecule has 0 radical (unpaired) electrons. The van der Waals surface area contributed by atoms with Gasteiger partial charge in [-0.2, -0.15) is 0 Å². The van der Waals surface area contributed by atoms with E-state index in [0.717, 1.165) is 0 Å². The maximum Gasteiger partial charge on any atom is 0.0158 e. The summed E-state index contributed by atoms with van der Waals surface area (Å²) in [5, 5.41) is 5.29. The zero-order chi connectivity index (χ0) is 26.7. The fourth-order valence-electron chi connectivity index (χ4n) is 3.69. The van der Waals surface area contributed by atoms with Crippen LogP contribution in [0.3, 0.4) is 0 Å². The molecule has 0 unspecified atom stereocenters. The highest BCUT2D eigenvalue weighted by molar-refractivity contribution is 5.91. The van der Waals surface area contributed by atoms with E-state index in [1.54, 1.807) is 12.2 Å². The normalized spacial score (nSPS) is 9.60. The first-order valence-electron chi connectivity index (χ1n) is 13.2. The van der Waals surface area contributed by atoms with E-state index in [1.165, 1.54) is 45.5 Å². The monoisotopic (exact) mass is 468 g/mol. The highest BCUT2D eigenvalue weighted by atomic mass is 14.3. The predicted octanol–water partition coefficient (Wildman–Crippen LogP) is 11.5. The van der Waals surface area contributed by atoms with Crippen molar-refractivity contribution in [3.63, 3.8) is 0 Å². The second kappa shape index (κ2) is 18.2. The molecule has 4 aromatic carbocycles. The molecule has 0 amide bonds. The smallest absolute Gasteiger partial charge is 0.0158 e. The lowest BCUT2D eigenvalue weighted by Gasteiger charge is -2.29. The van der Waals surface area contributed by atoms with Crippen LogP contribution in [0.5, 0.6) is 0 Å². The zero-order valence-electron chi connectivity index (χ0n) is 23.6. The van der Waals surface area contributed by atoms with Gasteiger partial charge in [0, 0.05) is 5.41 Å². The number of allylic oxidation sites excluding steroid dienone is 2. The third-order valence-corrected chi connectivity index (χ3v) is 5.59. The summed E-state index contributed by atoms with van der Waals surface area (Å²) in [7, 11) is 0. The van der Waals surface area contributed by atoms with E-state index in [9.17, 15) is 0 Å². The minimum atomic E-state index is -0.0538. The largest absolute Gasteiger partial charge is 0.0991 e. The highest BCUT2D eigenvalue weighted by Gasteiger charge is 2.26. The second-order valence-electron chi connectivity index (χ2n) is 8.15. The van der Waals surface area contributed by atoms with Crippen LogP contribution >= 0.6 is 0 Å². The van der Waals surface area contributed by atoms with E-state index in [4.69, 9.17) is 0 Å². The van der Waals surface area contributed by atoms with Crippen LogP contribution in [-0.2, 0) is 5.41 Å². The fourth-order valence-corrected chi connectivity index (χ4v) is 3.69. The first-order valence-corrected chi connectivity index (χ1v) is 13.2. The van der Waals surface area contributed by atoms with E-state index < -0.39 is 0 Å². The van der Waals surface area contributed by atoms with Crippen molar-refractivity contribution in [1.82, 2.24) is 0 Å². The Kier molecular flexibility index (Phi) is 16.6. The number of hydrogen-bond acceptors (Lipinski definition) is 0. The summed E-state index contributed by atoms with van der Waals surface area (Å²) in [5.74, 6) is 0. The van der Waals surface area contributed by atoms with Crippen LogP contribution in [-0.4, -0.2) is 0 Å². The molecule has 0 aliphatic heterocycles. The molecule has 0 saturated heterocycles. The van der Waals surface area contributed by atoms with Gasteiger partial charge in [-0.1, -0.05) is 178 Å². The van der Waals surface area contributed by atoms with Crippen molar-refractivity contribution in [2.75, 3.05) is 0 Å². The summed E-state index contributed by atoms with van der Waals surface area (Å²) in [6.45, 7) is 23.7. The minimum Gasteiger partial charge on any atom is -0.0991 e. The molecular weight excluding hydrogens is 420 g/mol. The molecule has 0 heterocycles. The standard InChI is InChI=1S/C23H20.C4H10.C4H6.2C2H6/c1-23(2,21-15-7-11-17-9-3-5-13-19(17)21)22-16-8-12-18-10-4-6-14-20(18)22;2*1-3-4-2;2*1-2/h3-16H,1-2H3;3-4H2,1-2H3;3-4H,1-2H2;2*1-2H3. The third-order valence-electron chi connectivity index (χ3n) is 5.59. The summed E-state index contributed by atoms with van der Waals surface area (Å²) >= 11 is 0. The molecule has 0 bridgehead atoms. The lowest BCUT2D eigenvalue weighted by molar-refractivity contribution is 0.653. The van der Waals surface area contributed by atoms with E-state index in [0.29, 0.717) is 0 Å². The van der Waals surface area contributed by atoms with Crippen LogP contribution in [0.2, 0.25) is 0 Å². The molecule has 0 fully saturated rings. The second-order valence-corrected chi connectivity index (χ2v) is 8.15. The summed E-state index contributed by atoms with van der Waals surface area (Å²) in [5.41, 5.74) is 2.71. The number of benzene rings is 4. The van der Waals surface area contributed by atoms with Gasteiger partial charge in [-0.15, -0.1) is 0 Å². The highest BCUT2D eigenvalue weighted by Crippen LogP contribution is 2.39. The Bertz CT molecular complexity index is 1020. The molecule has 0 heteroatoms. The Morgan fingerprint density at radius 3 is 1.17 bits per heavy atom. The number of rotatable bonds is 4. The molecule has 188 valence electrons.